The Morgan fingerprint density at radius 1 is 1.39 bits per heavy atom. The highest BCUT2D eigenvalue weighted by Gasteiger charge is 2.33. The lowest BCUT2D eigenvalue weighted by Crippen LogP contribution is -2.45. The lowest BCUT2D eigenvalue weighted by atomic mass is 10.1. The number of aromatic nitrogens is 2. The van der Waals surface area contributed by atoms with Crippen LogP contribution >= 0.6 is 0 Å². The SMILES string of the molecule is Cc1nn(C)c(C)c1S(=O)(=O)N1CCC[C@@H](N)C1. The minimum atomic E-state index is -3.47. The quantitative estimate of drug-likeness (QED) is 0.831. The first-order valence-corrected chi connectivity index (χ1v) is 7.54. The lowest BCUT2D eigenvalue weighted by molar-refractivity contribution is 0.316. The summed E-state index contributed by atoms with van der Waals surface area (Å²) < 4.78 is 28.3. The van der Waals surface area contributed by atoms with Crippen LogP contribution in [0.1, 0.15) is 24.2 Å². The van der Waals surface area contributed by atoms with Crippen molar-refractivity contribution in [3.8, 4) is 0 Å². The van der Waals surface area contributed by atoms with E-state index in [4.69, 9.17) is 5.73 Å². The smallest absolute Gasteiger partial charge is 0.246 e. The van der Waals surface area contributed by atoms with Crippen LogP contribution in [0, 0.1) is 13.8 Å². The van der Waals surface area contributed by atoms with Gasteiger partial charge in [0.25, 0.3) is 0 Å². The van der Waals surface area contributed by atoms with E-state index in [0.29, 0.717) is 29.4 Å². The first-order valence-electron chi connectivity index (χ1n) is 6.10. The number of aryl methyl sites for hydroxylation is 2. The molecule has 0 aliphatic carbocycles. The van der Waals surface area contributed by atoms with Gasteiger partial charge in [0.1, 0.15) is 4.90 Å². The third-order valence-electron chi connectivity index (χ3n) is 3.46. The van der Waals surface area contributed by atoms with Crippen molar-refractivity contribution >= 4 is 10.0 Å². The first-order chi connectivity index (χ1) is 8.34. The normalized spacial score (nSPS) is 22.3. The number of sulfonamides is 1. The molecule has 0 bridgehead atoms. The van der Waals surface area contributed by atoms with Crippen molar-refractivity contribution < 1.29 is 8.42 Å². The predicted octanol–water partition coefficient (Wildman–Crippen LogP) is 0.149. The molecule has 0 unspecified atom stereocenters. The van der Waals surface area contributed by atoms with Crippen molar-refractivity contribution in [1.82, 2.24) is 14.1 Å². The number of nitrogens with two attached hydrogens (primary N) is 1. The van der Waals surface area contributed by atoms with Crippen molar-refractivity contribution in [3.05, 3.63) is 11.4 Å². The second-order valence-electron chi connectivity index (χ2n) is 4.89. The fourth-order valence-corrected chi connectivity index (χ4v) is 4.38. The Hall–Kier alpha value is -0.920. The van der Waals surface area contributed by atoms with Gasteiger partial charge in [0.2, 0.25) is 10.0 Å². The highest BCUT2D eigenvalue weighted by atomic mass is 32.2. The fourth-order valence-electron chi connectivity index (χ4n) is 2.45. The van der Waals surface area contributed by atoms with Crippen LogP contribution in [0.25, 0.3) is 0 Å². The van der Waals surface area contributed by atoms with Crippen LogP contribution in [-0.2, 0) is 17.1 Å². The van der Waals surface area contributed by atoms with Gasteiger partial charge in [0, 0.05) is 26.2 Å². The molecule has 1 atom stereocenters. The van der Waals surface area contributed by atoms with E-state index in [-0.39, 0.29) is 6.04 Å². The molecule has 7 heteroatoms. The van der Waals surface area contributed by atoms with Crippen LogP contribution in [0.2, 0.25) is 0 Å². The topological polar surface area (TPSA) is 81.2 Å². The highest BCUT2D eigenvalue weighted by molar-refractivity contribution is 7.89. The average Bonchev–Trinajstić information content (AvgIpc) is 2.53. The van der Waals surface area contributed by atoms with E-state index in [1.54, 1.807) is 25.6 Å². The van der Waals surface area contributed by atoms with Gasteiger partial charge in [-0.25, -0.2) is 8.42 Å². The molecule has 0 saturated carbocycles. The van der Waals surface area contributed by atoms with Gasteiger partial charge < -0.3 is 5.73 Å². The summed E-state index contributed by atoms with van der Waals surface area (Å²) in [6.07, 6.45) is 1.70. The second-order valence-corrected chi connectivity index (χ2v) is 6.76. The maximum Gasteiger partial charge on any atom is 0.246 e. The number of piperidine rings is 1. The molecule has 1 fully saturated rings. The molecule has 1 aromatic heterocycles. The van der Waals surface area contributed by atoms with Crippen molar-refractivity contribution in [1.29, 1.82) is 0 Å². The molecule has 2 N–H and O–H groups in total. The fraction of sp³-hybridized carbons (Fsp3) is 0.727. The van der Waals surface area contributed by atoms with Crippen LogP contribution in [-0.4, -0.2) is 41.6 Å². The van der Waals surface area contributed by atoms with Crippen LogP contribution in [0.3, 0.4) is 0 Å². The molecular weight excluding hydrogens is 252 g/mol. The van der Waals surface area contributed by atoms with E-state index in [2.05, 4.69) is 5.10 Å². The van der Waals surface area contributed by atoms with Crippen LogP contribution in [0.15, 0.2) is 4.90 Å². The molecule has 102 valence electrons. The number of hydrogen-bond acceptors (Lipinski definition) is 4. The zero-order valence-corrected chi connectivity index (χ0v) is 11.9. The Morgan fingerprint density at radius 2 is 2.06 bits per heavy atom. The Labute approximate surface area is 108 Å². The van der Waals surface area contributed by atoms with Gasteiger partial charge in [0.05, 0.1) is 11.4 Å². The van der Waals surface area contributed by atoms with Crippen LogP contribution in [0.4, 0.5) is 0 Å². The standard InChI is InChI=1S/C11H20N4O2S/c1-8-11(9(2)14(3)13-8)18(16,17)15-6-4-5-10(12)7-15/h10H,4-7,12H2,1-3H3/t10-/m1/s1. The van der Waals surface area contributed by atoms with Crippen LogP contribution in [0.5, 0.6) is 0 Å². The monoisotopic (exact) mass is 272 g/mol. The van der Waals surface area contributed by atoms with E-state index < -0.39 is 10.0 Å². The van der Waals surface area contributed by atoms with Crippen molar-refractivity contribution in [2.75, 3.05) is 13.1 Å². The Balaban J connectivity index is 2.42. The summed E-state index contributed by atoms with van der Waals surface area (Å²) in [6, 6.07) is -0.0641. The molecule has 1 aromatic rings. The number of rotatable bonds is 2. The molecule has 1 saturated heterocycles. The minimum Gasteiger partial charge on any atom is -0.327 e. The molecular formula is C11H20N4O2S. The van der Waals surface area contributed by atoms with E-state index in [1.165, 1.54) is 4.31 Å². The summed E-state index contributed by atoms with van der Waals surface area (Å²) in [5.74, 6) is 0. The van der Waals surface area contributed by atoms with Crippen molar-refractivity contribution in [2.24, 2.45) is 12.8 Å². The molecule has 0 aromatic carbocycles. The van der Waals surface area contributed by atoms with Gasteiger partial charge in [-0.2, -0.15) is 9.40 Å². The van der Waals surface area contributed by atoms with E-state index in [1.807, 2.05) is 0 Å². The molecule has 6 nitrogen and oxygen atoms in total. The highest BCUT2D eigenvalue weighted by Crippen LogP contribution is 2.25. The Bertz CT molecular complexity index is 550. The molecule has 18 heavy (non-hydrogen) atoms. The summed E-state index contributed by atoms with van der Waals surface area (Å²) >= 11 is 0. The van der Waals surface area contributed by atoms with Crippen LogP contribution < -0.4 is 5.73 Å². The third-order valence-corrected chi connectivity index (χ3v) is 5.58. The van der Waals surface area contributed by atoms with Gasteiger partial charge in [-0.05, 0) is 26.7 Å². The number of nitrogens with zero attached hydrogens (tertiary/aromatic N) is 3. The van der Waals surface area contributed by atoms with Crippen molar-refractivity contribution in [2.45, 2.75) is 37.6 Å². The van der Waals surface area contributed by atoms with Crippen molar-refractivity contribution in [3.63, 3.8) is 0 Å². The summed E-state index contributed by atoms with van der Waals surface area (Å²) in [6.45, 7) is 4.44. The van der Waals surface area contributed by atoms with Gasteiger partial charge in [-0.1, -0.05) is 0 Å². The molecule has 1 aliphatic heterocycles. The summed E-state index contributed by atoms with van der Waals surface area (Å²) in [5.41, 5.74) is 7.08. The zero-order valence-electron chi connectivity index (χ0n) is 11.0. The van der Waals surface area contributed by atoms with E-state index in [9.17, 15) is 8.42 Å². The summed E-state index contributed by atoms with van der Waals surface area (Å²) in [5, 5.41) is 4.17. The molecule has 2 heterocycles. The number of hydrogen-bond donors (Lipinski definition) is 1. The molecule has 0 amide bonds. The van der Waals surface area contributed by atoms with Gasteiger partial charge >= 0.3 is 0 Å². The molecule has 2 rings (SSSR count). The molecule has 0 spiro atoms. The minimum absolute atomic E-state index is 0.0641. The lowest BCUT2D eigenvalue weighted by Gasteiger charge is -2.29. The maximum absolute atomic E-state index is 12.6. The largest absolute Gasteiger partial charge is 0.327 e. The average molecular weight is 272 g/mol. The Kier molecular flexibility index (Phi) is 3.48. The summed E-state index contributed by atoms with van der Waals surface area (Å²) in [7, 11) is -1.71. The van der Waals surface area contributed by atoms with E-state index >= 15 is 0 Å². The summed E-state index contributed by atoms with van der Waals surface area (Å²) in [4.78, 5) is 0.333. The Morgan fingerprint density at radius 3 is 2.56 bits per heavy atom. The molecule has 0 radical (unpaired) electrons. The predicted molar refractivity (Wildman–Crippen MR) is 68.7 cm³/mol. The molecule has 1 aliphatic rings. The third kappa shape index (κ3) is 2.17. The second kappa shape index (κ2) is 4.64. The maximum atomic E-state index is 12.6. The van der Waals surface area contributed by atoms with Gasteiger partial charge in [0.15, 0.2) is 0 Å². The van der Waals surface area contributed by atoms with E-state index in [0.717, 1.165) is 12.8 Å². The zero-order chi connectivity index (χ0) is 13.5. The van der Waals surface area contributed by atoms with Gasteiger partial charge in [-0.3, -0.25) is 4.68 Å². The first kappa shape index (κ1) is 13.5. The van der Waals surface area contributed by atoms with Gasteiger partial charge in [-0.15, -0.1) is 0 Å².